The van der Waals surface area contributed by atoms with Gasteiger partial charge in [-0.05, 0) is 12.1 Å². The zero-order valence-corrected chi connectivity index (χ0v) is 12.0. The topological polar surface area (TPSA) is 53.0 Å². The Labute approximate surface area is 127 Å². The molecular weight excluding hydrogens is 294 g/mol. The van der Waals surface area contributed by atoms with Crippen LogP contribution in [0.2, 0.25) is 0 Å². The molecule has 2 aliphatic heterocycles. The molecule has 0 aliphatic carbocycles. The highest BCUT2D eigenvalue weighted by Crippen LogP contribution is 2.20. The van der Waals surface area contributed by atoms with Gasteiger partial charge in [-0.1, -0.05) is 0 Å². The fourth-order valence-electron chi connectivity index (χ4n) is 3.06. The normalized spacial score (nSPS) is 26.4. The van der Waals surface area contributed by atoms with Gasteiger partial charge >= 0.3 is 0 Å². The quantitative estimate of drug-likeness (QED) is 0.863. The summed E-state index contributed by atoms with van der Waals surface area (Å²) in [7, 11) is 0. The molecule has 2 fully saturated rings. The Morgan fingerprint density at radius 1 is 1.14 bits per heavy atom. The molecule has 7 heteroatoms. The molecule has 2 saturated heterocycles. The maximum atomic E-state index is 13.2. The van der Waals surface area contributed by atoms with Gasteiger partial charge in [-0.2, -0.15) is 0 Å². The van der Waals surface area contributed by atoms with Crippen LogP contribution in [0, 0.1) is 11.6 Å². The number of halogens is 2. The van der Waals surface area contributed by atoms with Gasteiger partial charge in [-0.25, -0.2) is 8.78 Å². The van der Waals surface area contributed by atoms with Crippen LogP contribution in [0.15, 0.2) is 18.2 Å². The number of carbonyl (C=O) groups excluding carboxylic acids is 1. The SMILES string of the molecule is O=C(c1cc(F)cc(F)c1)N1C[C@@H](O)[C@H](N2CCOCC2)C1. The first-order valence-corrected chi connectivity index (χ1v) is 7.30. The number of aliphatic hydroxyl groups is 1. The van der Waals surface area contributed by atoms with E-state index in [2.05, 4.69) is 4.90 Å². The number of rotatable bonds is 2. The van der Waals surface area contributed by atoms with Crippen molar-refractivity contribution >= 4 is 5.91 Å². The van der Waals surface area contributed by atoms with Gasteiger partial charge in [0, 0.05) is 37.8 Å². The minimum Gasteiger partial charge on any atom is -0.390 e. The number of aliphatic hydroxyl groups excluding tert-OH is 1. The van der Waals surface area contributed by atoms with Crippen molar-refractivity contribution in [2.24, 2.45) is 0 Å². The van der Waals surface area contributed by atoms with Crippen LogP contribution in [-0.2, 0) is 4.74 Å². The number of β-amino-alcohol motifs (C(OH)–C–C–N with tert-alkyl or cyclic N) is 1. The van der Waals surface area contributed by atoms with Crippen LogP contribution in [-0.4, -0.2) is 72.4 Å². The average molecular weight is 312 g/mol. The van der Waals surface area contributed by atoms with Crippen LogP contribution in [0.5, 0.6) is 0 Å². The van der Waals surface area contributed by atoms with Gasteiger partial charge in [0.2, 0.25) is 0 Å². The number of benzene rings is 1. The van der Waals surface area contributed by atoms with Gasteiger partial charge in [0.15, 0.2) is 0 Å². The van der Waals surface area contributed by atoms with Gasteiger partial charge < -0.3 is 14.7 Å². The van der Waals surface area contributed by atoms with Crippen molar-refractivity contribution in [1.29, 1.82) is 0 Å². The number of amides is 1. The van der Waals surface area contributed by atoms with E-state index in [1.165, 1.54) is 4.90 Å². The molecule has 5 nitrogen and oxygen atoms in total. The number of hydrogen-bond acceptors (Lipinski definition) is 4. The molecule has 120 valence electrons. The molecule has 22 heavy (non-hydrogen) atoms. The first kappa shape index (κ1) is 15.3. The van der Waals surface area contributed by atoms with Crippen molar-refractivity contribution in [3.05, 3.63) is 35.4 Å². The molecule has 2 heterocycles. The van der Waals surface area contributed by atoms with E-state index in [0.29, 0.717) is 32.8 Å². The van der Waals surface area contributed by atoms with E-state index in [1.807, 2.05) is 0 Å². The fourth-order valence-corrected chi connectivity index (χ4v) is 3.06. The predicted molar refractivity (Wildman–Crippen MR) is 74.4 cm³/mol. The van der Waals surface area contributed by atoms with Crippen LogP contribution < -0.4 is 0 Å². The number of carbonyl (C=O) groups is 1. The van der Waals surface area contributed by atoms with Crippen LogP contribution in [0.4, 0.5) is 8.78 Å². The minimum absolute atomic E-state index is 0.0349. The largest absolute Gasteiger partial charge is 0.390 e. The van der Waals surface area contributed by atoms with E-state index < -0.39 is 23.6 Å². The van der Waals surface area contributed by atoms with Gasteiger partial charge in [0.1, 0.15) is 11.6 Å². The molecule has 0 radical (unpaired) electrons. The number of hydrogen-bond donors (Lipinski definition) is 1. The number of morpholine rings is 1. The Morgan fingerprint density at radius 3 is 2.41 bits per heavy atom. The summed E-state index contributed by atoms with van der Waals surface area (Å²) in [6.07, 6.45) is -0.666. The molecule has 1 aromatic carbocycles. The van der Waals surface area contributed by atoms with Crippen LogP contribution in [0.3, 0.4) is 0 Å². The molecule has 0 bridgehead atoms. The van der Waals surface area contributed by atoms with Crippen LogP contribution in [0.25, 0.3) is 0 Å². The predicted octanol–water partition coefficient (Wildman–Crippen LogP) is 0.482. The van der Waals surface area contributed by atoms with E-state index in [-0.39, 0.29) is 18.2 Å². The molecule has 2 aliphatic rings. The molecule has 0 saturated carbocycles. The maximum absolute atomic E-state index is 13.2. The second kappa shape index (κ2) is 6.28. The number of likely N-dealkylation sites (tertiary alicyclic amines) is 1. The van der Waals surface area contributed by atoms with E-state index >= 15 is 0 Å². The standard InChI is InChI=1S/C15H18F2N2O3/c16-11-5-10(6-12(17)7-11)15(21)19-8-13(14(20)9-19)18-1-3-22-4-2-18/h5-7,13-14,20H,1-4,8-9H2/t13-,14-/m1/s1. The van der Waals surface area contributed by atoms with E-state index in [0.717, 1.165) is 18.2 Å². The highest BCUT2D eigenvalue weighted by molar-refractivity contribution is 5.94. The first-order valence-electron chi connectivity index (χ1n) is 7.30. The van der Waals surface area contributed by atoms with Crippen molar-refractivity contribution in [1.82, 2.24) is 9.80 Å². The lowest BCUT2D eigenvalue weighted by Crippen LogP contribution is -2.49. The van der Waals surface area contributed by atoms with E-state index in [9.17, 15) is 18.7 Å². The van der Waals surface area contributed by atoms with Crippen LogP contribution >= 0.6 is 0 Å². The summed E-state index contributed by atoms with van der Waals surface area (Å²) < 4.78 is 31.8. The Kier molecular flexibility index (Phi) is 4.37. The maximum Gasteiger partial charge on any atom is 0.254 e. The highest BCUT2D eigenvalue weighted by Gasteiger charge is 2.38. The second-order valence-corrected chi connectivity index (χ2v) is 5.65. The minimum atomic E-state index is -0.784. The van der Waals surface area contributed by atoms with E-state index in [1.54, 1.807) is 0 Å². The molecule has 1 N–H and O–H groups in total. The molecule has 0 aromatic heterocycles. The van der Waals surface area contributed by atoms with Gasteiger partial charge in [-0.15, -0.1) is 0 Å². The number of ether oxygens (including phenoxy) is 1. The van der Waals surface area contributed by atoms with Gasteiger partial charge in [0.25, 0.3) is 5.91 Å². The number of nitrogens with zero attached hydrogens (tertiary/aromatic N) is 2. The third-order valence-corrected chi connectivity index (χ3v) is 4.17. The highest BCUT2D eigenvalue weighted by atomic mass is 19.1. The lowest BCUT2D eigenvalue weighted by molar-refractivity contribution is -0.00611. The van der Waals surface area contributed by atoms with Crippen molar-refractivity contribution in [3.8, 4) is 0 Å². The second-order valence-electron chi connectivity index (χ2n) is 5.65. The van der Waals surface area contributed by atoms with Crippen molar-refractivity contribution in [2.75, 3.05) is 39.4 Å². The molecule has 2 atom stereocenters. The molecule has 0 spiro atoms. The first-order chi connectivity index (χ1) is 10.5. The summed E-state index contributed by atoms with van der Waals surface area (Å²) in [5.74, 6) is -2.03. The lowest BCUT2D eigenvalue weighted by Gasteiger charge is -2.33. The molecule has 3 rings (SSSR count). The molecule has 1 amide bonds. The lowest BCUT2D eigenvalue weighted by atomic mass is 10.1. The Balaban J connectivity index is 1.71. The zero-order chi connectivity index (χ0) is 15.7. The summed E-state index contributed by atoms with van der Waals surface area (Å²) in [5.41, 5.74) is -0.0349. The van der Waals surface area contributed by atoms with Gasteiger partial charge in [0.05, 0.1) is 25.4 Å². The van der Waals surface area contributed by atoms with Crippen molar-refractivity contribution in [2.45, 2.75) is 12.1 Å². The monoisotopic (exact) mass is 312 g/mol. The molecule has 0 unspecified atom stereocenters. The summed E-state index contributed by atoms with van der Waals surface area (Å²) >= 11 is 0. The summed E-state index contributed by atoms with van der Waals surface area (Å²) in [6, 6.07) is 2.59. The fraction of sp³-hybridized carbons (Fsp3) is 0.533. The smallest absolute Gasteiger partial charge is 0.254 e. The third-order valence-electron chi connectivity index (χ3n) is 4.17. The van der Waals surface area contributed by atoms with Crippen molar-refractivity contribution < 1.29 is 23.4 Å². The summed E-state index contributed by atoms with van der Waals surface area (Å²) in [4.78, 5) is 15.9. The summed E-state index contributed by atoms with van der Waals surface area (Å²) in [5, 5.41) is 10.2. The molecule has 1 aromatic rings. The van der Waals surface area contributed by atoms with Crippen molar-refractivity contribution in [3.63, 3.8) is 0 Å². The van der Waals surface area contributed by atoms with Gasteiger partial charge in [-0.3, -0.25) is 9.69 Å². The zero-order valence-electron chi connectivity index (χ0n) is 12.0. The Morgan fingerprint density at radius 2 is 1.77 bits per heavy atom. The Hall–Kier alpha value is -1.57. The van der Waals surface area contributed by atoms with E-state index in [4.69, 9.17) is 4.74 Å². The summed E-state index contributed by atoms with van der Waals surface area (Å²) in [6.45, 7) is 3.13. The van der Waals surface area contributed by atoms with Crippen LogP contribution in [0.1, 0.15) is 10.4 Å². The average Bonchev–Trinajstić information content (AvgIpc) is 2.88. The third kappa shape index (κ3) is 3.11. The Bertz CT molecular complexity index is 543. The molecular formula is C15H18F2N2O3.